The lowest BCUT2D eigenvalue weighted by atomic mass is 9.71. The molecule has 0 radical (unpaired) electrons. The molecule has 0 aromatic rings. The number of hydrogen-bond acceptors (Lipinski definition) is 3. The summed E-state index contributed by atoms with van der Waals surface area (Å²) < 4.78 is 5.71. The van der Waals surface area contributed by atoms with Crippen molar-refractivity contribution in [2.45, 2.75) is 70.1 Å². The Balaban J connectivity index is 1.98. The molecule has 100 valence electrons. The summed E-state index contributed by atoms with van der Waals surface area (Å²) in [6, 6.07) is 0.759. The van der Waals surface area contributed by atoms with Crippen molar-refractivity contribution in [3.63, 3.8) is 0 Å². The standard InChI is InChI=1S/C14H28N2O/c1-3-12-7-5-6-8-16(12)14(11-15)9-13(10-14)17-4-2/h12-13H,3-11,15H2,1-2H3. The van der Waals surface area contributed by atoms with Gasteiger partial charge >= 0.3 is 0 Å². The molecule has 0 aromatic carbocycles. The van der Waals surface area contributed by atoms with E-state index in [4.69, 9.17) is 10.5 Å². The third-order valence-electron chi connectivity index (χ3n) is 4.71. The summed E-state index contributed by atoms with van der Waals surface area (Å²) in [5, 5.41) is 0. The molecule has 1 unspecified atom stereocenters. The second-order valence-corrected chi connectivity index (χ2v) is 5.67. The zero-order valence-electron chi connectivity index (χ0n) is 11.5. The average molecular weight is 240 g/mol. The molecule has 1 aliphatic heterocycles. The number of hydrogen-bond donors (Lipinski definition) is 1. The molecule has 1 atom stereocenters. The summed E-state index contributed by atoms with van der Waals surface area (Å²) in [6.45, 7) is 7.27. The normalized spacial score (nSPS) is 39.0. The molecule has 1 saturated heterocycles. The summed E-state index contributed by atoms with van der Waals surface area (Å²) in [7, 11) is 0. The molecule has 0 aromatic heterocycles. The lowest BCUT2D eigenvalue weighted by Gasteiger charge is -2.57. The monoisotopic (exact) mass is 240 g/mol. The third kappa shape index (κ3) is 2.51. The van der Waals surface area contributed by atoms with Crippen LogP contribution in [0.4, 0.5) is 0 Å². The lowest BCUT2D eigenvalue weighted by molar-refractivity contribution is -0.120. The summed E-state index contributed by atoms with van der Waals surface area (Å²) in [5.41, 5.74) is 6.34. The first-order valence-corrected chi connectivity index (χ1v) is 7.34. The molecule has 0 amide bonds. The van der Waals surface area contributed by atoms with Crippen molar-refractivity contribution in [3.05, 3.63) is 0 Å². The molecule has 1 heterocycles. The molecule has 2 N–H and O–H groups in total. The molecule has 17 heavy (non-hydrogen) atoms. The van der Waals surface area contributed by atoms with Crippen molar-refractivity contribution >= 4 is 0 Å². The van der Waals surface area contributed by atoms with Crippen LogP contribution in [-0.4, -0.2) is 42.3 Å². The maximum atomic E-state index is 6.08. The predicted molar refractivity (Wildman–Crippen MR) is 71.1 cm³/mol. The highest BCUT2D eigenvalue weighted by Gasteiger charge is 2.50. The van der Waals surface area contributed by atoms with Crippen LogP contribution < -0.4 is 5.73 Å². The molecule has 0 spiro atoms. The van der Waals surface area contributed by atoms with E-state index < -0.39 is 0 Å². The first-order valence-electron chi connectivity index (χ1n) is 7.34. The van der Waals surface area contributed by atoms with E-state index in [9.17, 15) is 0 Å². The summed E-state index contributed by atoms with van der Waals surface area (Å²) >= 11 is 0. The van der Waals surface area contributed by atoms with E-state index in [2.05, 4.69) is 18.7 Å². The minimum atomic E-state index is 0.265. The Labute approximate surface area is 106 Å². The van der Waals surface area contributed by atoms with Gasteiger partial charge in [-0.3, -0.25) is 4.90 Å². The average Bonchev–Trinajstić information content (AvgIpc) is 2.33. The molecule has 3 heteroatoms. The highest BCUT2D eigenvalue weighted by Crippen LogP contribution is 2.42. The Morgan fingerprint density at radius 2 is 2.06 bits per heavy atom. The molecule has 2 aliphatic rings. The minimum Gasteiger partial charge on any atom is -0.378 e. The minimum absolute atomic E-state index is 0.265. The van der Waals surface area contributed by atoms with E-state index in [1.807, 2.05) is 0 Å². The molecule has 3 nitrogen and oxygen atoms in total. The smallest absolute Gasteiger partial charge is 0.0611 e. The fraction of sp³-hybridized carbons (Fsp3) is 1.00. The van der Waals surface area contributed by atoms with Gasteiger partial charge in [0.25, 0.3) is 0 Å². The molecule has 2 rings (SSSR count). The van der Waals surface area contributed by atoms with Crippen LogP contribution >= 0.6 is 0 Å². The quantitative estimate of drug-likeness (QED) is 0.800. The van der Waals surface area contributed by atoms with Crippen LogP contribution in [0.1, 0.15) is 52.4 Å². The highest BCUT2D eigenvalue weighted by molar-refractivity contribution is 5.06. The van der Waals surface area contributed by atoms with Crippen molar-refractivity contribution in [2.75, 3.05) is 19.7 Å². The summed E-state index contributed by atoms with van der Waals surface area (Å²) in [4.78, 5) is 2.71. The molecule has 2 fully saturated rings. The van der Waals surface area contributed by atoms with Gasteiger partial charge in [0.15, 0.2) is 0 Å². The van der Waals surface area contributed by atoms with Crippen molar-refractivity contribution in [1.29, 1.82) is 0 Å². The zero-order valence-corrected chi connectivity index (χ0v) is 11.5. The largest absolute Gasteiger partial charge is 0.378 e. The Bertz CT molecular complexity index is 238. The molecular formula is C14H28N2O. The summed E-state index contributed by atoms with van der Waals surface area (Å²) in [6.07, 6.45) is 8.12. The van der Waals surface area contributed by atoms with Crippen LogP contribution in [0.15, 0.2) is 0 Å². The second-order valence-electron chi connectivity index (χ2n) is 5.67. The number of rotatable bonds is 5. The van der Waals surface area contributed by atoms with Gasteiger partial charge in [0.1, 0.15) is 0 Å². The van der Waals surface area contributed by atoms with E-state index in [0.717, 1.165) is 32.0 Å². The van der Waals surface area contributed by atoms with Crippen LogP contribution in [0.25, 0.3) is 0 Å². The van der Waals surface area contributed by atoms with Crippen LogP contribution in [0.5, 0.6) is 0 Å². The third-order valence-corrected chi connectivity index (χ3v) is 4.71. The number of nitrogens with zero attached hydrogens (tertiary/aromatic N) is 1. The van der Waals surface area contributed by atoms with Crippen LogP contribution in [0.2, 0.25) is 0 Å². The lowest BCUT2D eigenvalue weighted by Crippen LogP contribution is -2.67. The number of nitrogens with two attached hydrogens (primary N) is 1. The van der Waals surface area contributed by atoms with Gasteiger partial charge in [-0.2, -0.15) is 0 Å². The predicted octanol–water partition coefficient (Wildman–Crippen LogP) is 2.15. The number of piperidine rings is 1. The van der Waals surface area contributed by atoms with Gasteiger partial charge in [-0.05, 0) is 45.6 Å². The van der Waals surface area contributed by atoms with Crippen LogP contribution in [0.3, 0.4) is 0 Å². The zero-order chi connectivity index (χ0) is 12.3. The van der Waals surface area contributed by atoms with Gasteiger partial charge in [0, 0.05) is 24.7 Å². The Morgan fingerprint density at radius 3 is 2.65 bits per heavy atom. The fourth-order valence-corrected chi connectivity index (χ4v) is 3.71. The summed E-state index contributed by atoms with van der Waals surface area (Å²) in [5.74, 6) is 0. The van der Waals surface area contributed by atoms with Crippen LogP contribution in [0, 0.1) is 0 Å². The Morgan fingerprint density at radius 1 is 1.29 bits per heavy atom. The van der Waals surface area contributed by atoms with Gasteiger partial charge in [0.2, 0.25) is 0 Å². The Kier molecular flexibility index (Phi) is 4.45. The van der Waals surface area contributed by atoms with Gasteiger partial charge in [0.05, 0.1) is 6.10 Å². The maximum absolute atomic E-state index is 6.08. The van der Waals surface area contributed by atoms with E-state index in [1.54, 1.807) is 0 Å². The first kappa shape index (κ1) is 13.3. The van der Waals surface area contributed by atoms with Crippen molar-refractivity contribution in [2.24, 2.45) is 5.73 Å². The van der Waals surface area contributed by atoms with E-state index in [1.165, 1.54) is 32.2 Å². The fourth-order valence-electron chi connectivity index (χ4n) is 3.71. The van der Waals surface area contributed by atoms with Crippen molar-refractivity contribution in [1.82, 2.24) is 4.90 Å². The van der Waals surface area contributed by atoms with Gasteiger partial charge in [-0.1, -0.05) is 13.3 Å². The number of ether oxygens (including phenoxy) is 1. The highest BCUT2D eigenvalue weighted by atomic mass is 16.5. The molecule has 0 bridgehead atoms. The first-order chi connectivity index (χ1) is 8.25. The number of likely N-dealkylation sites (tertiary alicyclic amines) is 1. The van der Waals surface area contributed by atoms with Gasteiger partial charge in [-0.25, -0.2) is 0 Å². The Hall–Kier alpha value is -0.120. The SMILES string of the molecule is CCOC1CC(CN)(N2CCCCC2CC)C1. The van der Waals surface area contributed by atoms with Crippen molar-refractivity contribution in [3.8, 4) is 0 Å². The van der Waals surface area contributed by atoms with Gasteiger partial charge < -0.3 is 10.5 Å². The van der Waals surface area contributed by atoms with E-state index in [0.29, 0.717) is 6.10 Å². The molecule has 1 saturated carbocycles. The molecule has 1 aliphatic carbocycles. The van der Waals surface area contributed by atoms with E-state index >= 15 is 0 Å². The topological polar surface area (TPSA) is 38.5 Å². The molecular weight excluding hydrogens is 212 g/mol. The van der Waals surface area contributed by atoms with E-state index in [-0.39, 0.29) is 5.54 Å². The van der Waals surface area contributed by atoms with Crippen molar-refractivity contribution < 1.29 is 4.74 Å². The maximum Gasteiger partial charge on any atom is 0.0611 e. The van der Waals surface area contributed by atoms with Crippen LogP contribution in [-0.2, 0) is 4.74 Å². The van der Waals surface area contributed by atoms with Gasteiger partial charge in [-0.15, -0.1) is 0 Å². The second kappa shape index (κ2) is 5.68.